The molecule has 0 amide bonds. The molecule has 0 aromatic rings. The van der Waals surface area contributed by atoms with Gasteiger partial charge < -0.3 is 19.0 Å². The van der Waals surface area contributed by atoms with E-state index in [0.29, 0.717) is 0 Å². The first kappa shape index (κ1) is 11.1. The van der Waals surface area contributed by atoms with E-state index in [1.807, 2.05) is 13.8 Å². The van der Waals surface area contributed by atoms with E-state index in [2.05, 4.69) is 0 Å². The summed E-state index contributed by atoms with van der Waals surface area (Å²) in [6.45, 7) is 4.13. The Labute approximate surface area is 69.0 Å². The quantitative estimate of drug-likeness (QED) is 0.495. The van der Waals surface area contributed by atoms with Gasteiger partial charge in [-0.2, -0.15) is 0 Å². The van der Waals surface area contributed by atoms with E-state index in [4.69, 9.17) is 19.0 Å². The van der Waals surface area contributed by atoms with E-state index in [1.165, 1.54) is 0 Å². The van der Waals surface area contributed by atoms with Crippen molar-refractivity contribution in [1.29, 1.82) is 0 Å². The van der Waals surface area contributed by atoms with Crippen LogP contribution in [0.2, 0.25) is 5.54 Å². The van der Waals surface area contributed by atoms with E-state index < -0.39 is 8.80 Å². The van der Waals surface area contributed by atoms with Gasteiger partial charge in [-0.3, -0.25) is 0 Å². The van der Waals surface area contributed by atoms with E-state index in [1.54, 1.807) is 14.2 Å². The lowest BCUT2D eigenvalue weighted by molar-refractivity contribution is 0.0932. The second kappa shape index (κ2) is 4.84. The predicted molar refractivity (Wildman–Crippen MR) is 45.0 cm³/mol. The summed E-state index contributed by atoms with van der Waals surface area (Å²) in [6, 6.07) is 0. The molecule has 0 heterocycles. The highest BCUT2D eigenvalue weighted by Gasteiger charge is 2.42. The third-order valence-electron chi connectivity index (χ3n) is 1.56. The third-order valence-corrected chi connectivity index (χ3v) is 4.68. The van der Waals surface area contributed by atoms with Crippen molar-refractivity contribution in [3.8, 4) is 0 Å². The highest BCUT2D eigenvalue weighted by Crippen LogP contribution is 2.22. The fraction of sp³-hybridized carbons (Fsp3) is 1.00. The van der Waals surface area contributed by atoms with Crippen molar-refractivity contribution in [3.63, 3.8) is 0 Å². The van der Waals surface area contributed by atoms with Crippen LogP contribution < -0.4 is 5.73 Å². The zero-order valence-electron chi connectivity index (χ0n) is 7.59. The molecule has 0 unspecified atom stereocenters. The van der Waals surface area contributed by atoms with Gasteiger partial charge in [0.25, 0.3) is 0 Å². The molecule has 0 aliphatic rings. The van der Waals surface area contributed by atoms with Crippen molar-refractivity contribution in [2.45, 2.75) is 19.4 Å². The van der Waals surface area contributed by atoms with Crippen molar-refractivity contribution in [2.75, 3.05) is 21.0 Å². The molecule has 0 saturated heterocycles. The van der Waals surface area contributed by atoms with E-state index in [-0.39, 0.29) is 12.3 Å². The number of hydrogen-bond donors (Lipinski definition) is 1. The summed E-state index contributed by atoms with van der Waals surface area (Å²) in [5.41, 5.74) is 5.49. The fourth-order valence-corrected chi connectivity index (χ4v) is 2.87. The van der Waals surface area contributed by atoms with Gasteiger partial charge in [0.15, 0.2) is 0 Å². The molecule has 0 saturated carbocycles. The maximum absolute atomic E-state index is 5.26. The van der Waals surface area contributed by atoms with Crippen LogP contribution in [0.1, 0.15) is 13.8 Å². The van der Waals surface area contributed by atoms with Gasteiger partial charge >= 0.3 is 8.80 Å². The molecule has 0 rings (SSSR count). The summed E-state index contributed by atoms with van der Waals surface area (Å²) < 4.78 is 15.7. The van der Waals surface area contributed by atoms with Crippen LogP contribution in [0.4, 0.5) is 0 Å². The van der Waals surface area contributed by atoms with Crippen molar-refractivity contribution < 1.29 is 13.3 Å². The Morgan fingerprint density at radius 2 is 1.73 bits per heavy atom. The molecule has 0 spiro atoms. The molecule has 5 heteroatoms. The Morgan fingerprint density at radius 1 is 1.27 bits per heavy atom. The van der Waals surface area contributed by atoms with Gasteiger partial charge in [-0.25, -0.2) is 0 Å². The van der Waals surface area contributed by atoms with Gasteiger partial charge in [0.1, 0.15) is 0 Å². The molecule has 0 fully saturated rings. The zero-order valence-corrected chi connectivity index (χ0v) is 8.59. The second-order valence-electron chi connectivity index (χ2n) is 2.48. The van der Waals surface area contributed by atoms with Crippen LogP contribution in [0.5, 0.6) is 0 Å². The number of nitrogens with two attached hydrogens (primary N) is 1. The fourth-order valence-electron chi connectivity index (χ4n) is 0.955. The summed E-state index contributed by atoms with van der Waals surface area (Å²) in [4.78, 5) is 0. The average Bonchev–Trinajstić information content (AvgIpc) is 2.00. The lowest BCUT2D eigenvalue weighted by Gasteiger charge is -2.28. The van der Waals surface area contributed by atoms with Crippen LogP contribution in [-0.4, -0.2) is 29.8 Å². The molecule has 0 bridgehead atoms. The average molecular weight is 179 g/mol. The summed E-state index contributed by atoms with van der Waals surface area (Å²) >= 11 is 0. The molecule has 0 aliphatic heterocycles. The molecule has 0 atom stereocenters. The van der Waals surface area contributed by atoms with Crippen molar-refractivity contribution >= 4 is 8.80 Å². The van der Waals surface area contributed by atoms with Gasteiger partial charge in [-0.1, -0.05) is 13.8 Å². The molecule has 0 aromatic carbocycles. The van der Waals surface area contributed by atoms with Gasteiger partial charge in [0.2, 0.25) is 0 Å². The minimum atomic E-state index is -2.45. The molecular weight excluding hydrogens is 162 g/mol. The SMILES string of the molecule is CO[Si](OC)(OCN)C(C)C. The maximum atomic E-state index is 5.26. The Bertz CT molecular complexity index is 106. The summed E-state index contributed by atoms with van der Waals surface area (Å²) in [6.07, 6.45) is 0. The van der Waals surface area contributed by atoms with E-state index in [0.717, 1.165) is 0 Å². The first-order valence-electron chi connectivity index (χ1n) is 3.57. The van der Waals surface area contributed by atoms with E-state index >= 15 is 0 Å². The normalized spacial score (nSPS) is 12.5. The van der Waals surface area contributed by atoms with Crippen LogP contribution in [0.3, 0.4) is 0 Å². The first-order chi connectivity index (χ1) is 5.13. The highest BCUT2D eigenvalue weighted by atomic mass is 28.4. The summed E-state index contributed by atoms with van der Waals surface area (Å²) in [5.74, 6) is 0. The lowest BCUT2D eigenvalue weighted by Crippen LogP contribution is -2.48. The molecule has 2 N–H and O–H groups in total. The number of rotatable bonds is 5. The van der Waals surface area contributed by atoms with Crippen LogP contribution >= 0.6 is 0 Å². The Balaban J connectivity index is 4.20. The topological polar surface area (TPSA) is 53.7 Å². The lowest BCUT2D eigenvalue weighted by atomic mass is 10.6. The first-order valence-corrected chi connectivity index (χ1v) is 5.37. The Kier molecular flexibility index (Phi) is 4.86. The molecule has 11 heavy (non-hydrogen) atoms. The van der Waals surface area contributed by atoms with Gasteiger partial charge in [0, 0.05) is 19.8 Å². The molecule has 4 nitrogen and oxygen atoms in total. The van der Waals surface area contributed by atoms with Gasteiger partial charge in [0.05, 0.1) is 6.73 Å². The van der Waals surface area contributed by atoms with Crippen LogP contribution in [0.25, 0.3) is 0 Å². The third kappa shape index (κ3) is 2.53. The zero-order chi connectivity index (χ0) is 8.91. The van der Waals surface area contributed by atoms with Crippen molar-refractivity contribution in [3.05, 3.63) is 0 Å². The second-order valence-corrected chi connectivity index (χ2v) is 5.94. The molecule has 0 aromatic heterocycles. The van der Waals surface area contributed by atoms with Gasteiger partial charge in [-0.15, -0.1) is 0 Å². The molecule has 0 radical (unpaired) electrons. The van der Waals surface area contributed by atoms with Crippen LogP contribution in [-0.2, 0) is 13.3 Å². The highest BCUT2D eigenvalue weighted by molar-refractivity contribution is 6.62. The van der Waals surface area contributed by atoms with Crippen molar-refractivity contribution in [2.24, 2.45) is 5.73 Å². The Morgan fingerprint density at radius 3 is 1.82 bits per heavy atom. The molecular formula is C6H17NO3Si. The molecule has 0 aliphatic carbocycles. The maximum Gasteiger partial charge on any atom is 0.504 e. The largest absolute Gasteiger partial charge is 0.504 e. The summed E-state index contributed by atoms with van der Waals surface area (Å²) in [7, 11) is 0.732. The Hall–Kier alpha value is 0.0569. The minimum absolute atomic E-state index is 0.145. The predicted octanol–water partition coefficient (Wildman–Crippen LogP) is 0.561. The van der Waals surface area contributed by atoms with Crippen molar-refractivity contribution in [1.82, 2.24) is 0 Å². The summed E-state index contributed by atoms with van der Waals surface area (Å²) in [5, 5.41) is 0. The standard InChI is InChI=1S/C6H17NO3Si/c1-6(2)11(8-3,9-4)10-5-7/h6H,5,7H2,1-4H3. The number of hydrogen-bond acceptors (Lipinski definition) is 4. The van der Waals surface area contributed by atoms with Gasteiger partial charge in [-0.05, 0) is 0 Å². The monoisotopic (exact) mass is 179 g/mol. The smallest absolute Gasteiger partial charge is 0.377 e. The van der Waals surface area contributed by atoms with Crippen LogP contribution in [0, 0.1) is 0 Å². The van der Waals surface area contributed by atoms with E-state index in [9.17, 15) is 0 Å². The van der Waals surface area contributed by atoms with Crippen LogP contribution in [0.15, 0.2) is 0 Å². The minimum Gasteiger partial charge on any atom is -0.377 e. The molecule has 68 valence electrons.